The molecule has 0 saturated carbocycles. The quantitative estimate of drug-likeness (QED) is 0.463. The molecule has 1 aliphatic heterocycles. The maximum Gasteiger partial charge on any atom is 0.201 e. The molecule has 8 heavy (non-hydrogen) atoms. The summed E-state index contributed by atoms with van der Waals surface area (Å²) in [5.41, 5.74) is 2.14. The molecule has 4 nitrogen and oxygen atoms in total. The third-order valence-electron chi connectivity index (χ3n) is 0.598. The molecule has 0 atom stereocenters. The van der Waals surface area contributed by atoms with Crippen molar-refractivity contribution in [1.29, 1.82) is 0 Å². The van der Waals surface area contributed by atoms with Gasteiger partial charge in [0.25, 0.3) is 0 Å². The molecule has 1 aliphatic rings. The lowest BCUT2D eigenvalue weighted by atomic mass is 10.4. The molecule has 4 heteroatoms. The second-order valence-electron chi connectivity index (χ2n) is 1.17. The molecule has 0 spiro atoms. The fraction of sp³-hybridized carbons (Fsp3) is 0. The summed E-state index contributed by atoms with van der Waals surface area (Å²) in [5, 5.41) is 3.34. The van der Waals surface area contributed by atoms with E-state index in [1.54, 1.807) is 0 Å². The van der Waals surface area contributed by atoms with E-state index in [9.17, 15) is 4.79 Å². The summed E-state index contributed by atoms with van der Waals surface area (Å²) in [6, 6.07) is 0. The van der Waals surface area contributed by atoms with Crippen LogP contribution in [0.5, 0.6) is 0 Å². The molecule has 42 valence electrons. The summed E-state index contributed by atoms with van der Waals surface area (Å²) in [6.07, 6.45) is 3.63. The Morgan fingerprint density at radius 3 is 3.50 bits per heavy atom. The fourth-order valence-electron chi connectivity index (χ4n) is 0.295. The van der Waals surface area contributed by atoms with E-state index in [0.717, 1.165) is 6.21 Å². The zero-order valence-corrected chi connectivity index (χ0v) is 4.00. The standard InChI is InChI=1S/C4H4N2O2/c7-4-1-2-8-6-5-3-4/h1-3,6H. The highest BCUT2D eigenvalue weighted by Gasteiger charge is 1.91. The second-order valence-corrected chi connectivity index (χ2v) is 1.17. The van der Waals surface area contributed by atoms with E-state index < -0.39 is 0 Å². The summed E-state index contributed by atoms with van der Waals surface area (Å²) in [7, 11) is 0. The summed E-state index contributed by atoms with van der Waals surface area (Å²) >= 11 is 0. The number of hydrogen-bond donors (Lipinski definition) is 1. The van der Waals surface area contributed by atoms with Gasteiger partial charge in [-0.25, -0.2) is 0 Å². The third-order valence-corrected chi connectivity index (χ3v) is 0.598. The van der Waals surface area contributed by atoms with Crippen molar-refractivity contribution >= 4 is 12.0 Å². The van der Waals surface area contributed by atoms with Crippen molar-refractivity contribution in [1.82, 2.24) is 5.59 Å². The van der Waals surface area contributed by atoms with Crippen LogP contribution in [0.4, 0.5) is 0 Å². The number of allylic oxidation sites excluding steroid dienone is 1. The molecule has 0 aromatic carbocycles. The van der Waals surface area contributed by atoms with Gasteiger partial charge in [0, 0.05) is 6.08 Å². The largest absolute Gasteiger partial charge is 0.373 e. The number of rotatable bonds is 0. The Labute approximate surface area is 45.8 Å². The SMILES string of the molecule is O=C1C=CONN=C1. The minimum atomic E-state index is -0.185. The van der Waals surface area contributed by atoms with Gasteiger partial charge in [-0.2, -0.15) is 0 Å². The average molecular weight is 112 g/mol. The van der Waals surface area contributed by atoms with Gasteiger partial charge in [0.1, 0.15) is 6.26 Å². The molecule has 0 aromatic rings. The van der Waals surface area contributed by atoms with Gasteiger partial charge in [-0.3, -0.25) is 4.79 Å². The Bertz CT molecular complexity index is 134. The van der Waals surface area contributed by atoms with E-state index in [-0.39, 0.29) is 5.78 Å². The highest BCUT2D eigenvalue weighted by molar-refractivity contribution is 6.32. The number of carbonyl (C=O) groups is 1. The van der Waals surface area contributed by atoms with E-state index in [2.05, 4.69) is 15.5 Å². The molecule has 1 heterocycles. The molecule has 0 aromatic heterocycles. The third kappa shape index (κ3) is 1.07. The van der Waals surface area contributed by atoms with Crippen molar-refractivity contribution in [2.24, 2.45) is 5.10 Å². The van der Waals surface area contributed by atoms with Crippen molar-refractivity contribution in [2.75, 3.05) is 0 Å². The maximum atomic E-state index is 10.3. The predicted octanol–water partition coefficient (Wildman–Crippen LogP) is -0.410. The molecule has 0 amide bonds. The lowest BCUT2D eigenvalue weighted by Gasteiger charge is -1.88. The Hall–Kier alpha value is -1.32. The maximum absolute atomic E-state index is 10.3. The molecule has 0 saturated heterocycles. The van der Waals surface area contributed by atoms with Crippen LogP contribution < -0.4 is 5.59 Å². The van der Waals surface area contributed by atoms with Gasteiger partial charge in [0.2, 0.25) is 5.78 Å². The number of nitrogens with one attached hydrogen (secondary N) is 1. The van der Waals surface area contributed by atoms with Crippen molar-refractivity contribution in [3.05, 3.63) is 12.3 Å². The van der Waals surface area contributed by atoms with Crippen LogP contribution in [0, 0.1) is 0 Å². The number of nitrogens with zero attached hydrogens (tertiary/aromatic N) is 1. The monoisotopic (exact) mass is 112 g/mol. The van der Waals surface area contributed by atoms with E-state index in [0.29, 0.717) is 0 Å². The Morgan fingerprint density at radius 1 is 1.75 bits per heavy atom. The van der Waals surface area contributed by atoms with Crippen LogP contribution >= 0.6 is 0 Å². The average Bonchev–Trinajstić information content (AvgIpc) is 1.94. The molecular weight excluding hydrogens is 108 g/mol. The zero-order valence-electron chi connectivity index (χ0n) is 4.00. The van der Waals surface area contributed by atoms with Crippen LogP contribution in [-0.2, 0) is 9.63 Å². The Morgan fingerprint density at radius 2 is 2.62 bits per heavy atom. The highest BCUT2D eigenvalue weighted by atomic mass is 16.7. The molecule has 0 bridgehead atoms. The van der Waals surface area contributed by atoms with Gasteiger partial charge >= 0.3 is 0 Å². The first-order chi connectivity index (χ1) is 3.89. The molecule has 1 rings (SSSR count). The van der Waals surface area contributed by atoms with E-state index in [1.165, 1.54) is 12.3 Å². The van der Waals surface area contributed by atoms with E-state index in [4.69, 9.17) is 0 Å². The first-order valence-corrected chi connectivity index (χ1v) is 2.04. The number of ketones is 1. The lowest BCUT2D eigenvalue weighted by molar-refractivity contribution is -0.108. The summed E-state index contributed by atoms with van der Waals surface area (Å²) in [6.45, 7) is 0. The van der Waals surface area contributed by atoms with Gasteiger partial charge in [-0.15, -0.1) is 10.7 Å². The summed E-state index contributed by atoms with van der Waals surface area (Å²) < 4.78 is 0. The van der Waals surface area contributed by atoms with Crippen molar-refractivity contribution in [3.8, 4) is 0 Å². The van der Waals surface area contributed by atoms with Crippen LogP contribution in [0.2, 0.25) is 0 Å². The molecule has 0 fully saturated rings. The van der Waals surface area contributed by atoms with Gasteiger partial charge in [-0.05, 0) is 0 Å². The molecule has 1 N–H and O–H groups in total. The number of hydrogen-bond acceptors (Lipinski definition) is 4. The molecule has 0 radical (unpaired) electrons. The number of carbonyl (C=O) groups excluding carboxylic acids is 1. The number of hydrazone groups is 1. The van der Waals surface area contributed by atoms with Crippen LogP contribution in [0.1, 0.15) is 0 Å². The first-order valence-electron chi connectivity index (χ1n) is 2.04. The normalized spacial score (nSPS) is 16.8. The fourth-order valence-corrected chi connectivity index (χ4v) is 0.295. The molecule has 0 unspecified atom stereocenters. The first kappa shape index (κ1) is 4.83. The van der Waals surface area contributed by atoms with Crippen molar-refractivity contribution in [3.63, 3.8) is 0 Å². The second kappa shape index (κ2) is 2.11. The van der Waals surface area contributed by atoms with Gasteiger partial charge in [0.05, 0.1) is 6.21 Å². The van der Waals surface area contributed by atoms with Crippen LogP contribution in [-0.4, -0.2) is 12.0 Å². The summed E-state index contributed by atoms with van der Waals surface area (Å²) in [4.78, 5) is 14.7. The predicted molar refractivity (Wildman–Crippen MR) is 26.9 cm³/mol. The highest BCUT2D eigenvalue weighted by Crippen LogP contribution is 1.79. The van der Waals surface area contributed by atoms with E-state index >= 15 is 0 Å². The lowest BCUT2D eigenvalue weighted by Crippen LogP contribution is -1.99. The van der Waals surface area contributed by atoms with Crippen molar-refractivity contribution < 1.29 is 9.63 Å². The van der Waals surface area contributed by atoms with Gasteiger partial charge < -0.3 is 4.84 Å². The topological polar surface area (TPSA) is 50.7 Å². The molecule has 0 aliphatic carbocycles. The minimum Gasteiger partial charge on any atom is -0.373 e. The molecular formula is C4H4N2O2. The zero-order chi connectivity index (χ0) is 5.82. The van der Waals surface area contributed by atoms with Crippen LogP contribution in [0.25, 0.3) is 0 Å². The Kier molecular flexibility index (Phi) is 1.27. The summed E-state index contributed by atoms with van der Waals surface area (Å²) in [5.74, 6) is -0.185. The van der Waals surface area contributed by atoms with Gasteiger partial charge in [0.15, 0.2) is 0 Å². The van der Waals surface area contributed by atoms with Crippen molar-refractivity contribution in [2.45, 2.75) is 0 Å². The Balaban J connectivity index is 2.64. The van der Waals surface area contributed by atoms with Gasteiger partial charge in [-0.1, -0.05) is 0 Å². The minimum absolute atomic E-state index is 0.185. The smallest absolute Gasteiger partial charge is 0.201 e. The van der Waals surface area contributed by atoms with Crippen LogP contribution in [0.15, 0.2) is 17.4 Å². The van der Waals surface area contributed by atoms with Crippen LogP contribution in [0.3, 0.4) is 0 Å². The van der Waals surface area contributed by atoms with E-state index in [1.807, 2.05) is 0 Å².